The molecule has 1 unspecified atom stereocenters. The number of fused-ring (bicyclic) bond motifs is 1. The molecule has 3 saturated carbocycles. The lowest BCUT2D eigenvalue weighted by Gasteiger charge is -2.35. The number of methoxy groups -OCH3 is 1. The number of carbonyl (C=O) groups is 4. The van der Waals surface area contributed by atoms with Gasteiger partial charge in [0.25, 0.3) is 5.91 Å². The van der Waals surface area contributed by atoms with E-state index in [1.165, 1.54) is 11.0 Å². The summed E-state index contributed by atoms with van der Waals surface area (Å²) < 4.78 is 39.9. The number of nitrogens with zero attached hydrogens (tertiary/aromatic N) is 3. The van der Waals surface area contributed by atoms with Crippen LogP contribution < -0.4 is 24.8 Å². The number of unbranched alkanes of at least 4 members (excludes halogenated alkanes) is 1. The van der Waals surface area contributed by atoms with Crippen LogP contribution in [0.1, 0.15) is 89.0 Å². The largest absolute Gasteiger partial charge is 0.497 e. The number of nitrogens with one attached hydrogen (secondary N) is 3. The summed E-state index contributed by atoms with van der Waals surface area (Å²) >= 11 is 0. The number of aliphatic hydroxyl groups is 1. The highest BCUT2D eigenvalue weighted by molar-refractivity contribution is 7.91. The van der Waals surface area contributed by atoms with Crippen molar-refractivity contribution in [1.29, 1.82) is 0 Å². The lowest BCUT2D eigenvalue weighted by Crippen LogP contribution is -2.60. The Balaban J connectivity index is 1.20. The zero-order valence-electron chi connectivity index (χ0n) is 33.2. The Labute approximate surface area is 340 Å². The lowest BCUT2D eigenvalue weighted by atomic mass is 9.83. The van der Waals surface area contributed by atoms with E-state index >= 15 is 0 Å². The fraction of sp³-hybridized carbons (Fsp3) is 0.595. The average Bonchev–Trinajstić information content (AvgIpc) is 4.10. The van der Waals surface area contributed by atoms with E-state index in [2.05, 4.69) is 21.9 Å². The van der Waals surface area contributed by atoms with Gasteiger partial charge in [-0.3, -0.25) is 19.1 Å². The minimum atomic E-state index is -3.91. The number of amides is 5. The van der Waals surface area contributed by atoms with E-state index in [1.54, 1.807) is 18.1 Å². The van der Waals surface area contributed by atoms with Gasteiger partial charge in [0.15, 0.2) is 0 Å². The number of benzene rings is 1. The molecule has 2 aromatic rings. The molecule has 3 aliphatic carbocycles. The first kappa shape index (κ1) is 41.5. The van der Waals surface area contributed by atoms with E-state index in [4.69, 9.17) is 14.5 Å². The van der Waals surface area contributed by atoms with E-state index in [0.29, 0.717) is 55.6 Å². The number of likely N-dealkylation sites (tertiary alicyclic amines) is 2. The molecule has 0 bridgehead atoms. The molecule has 1 aromatic carbocycles. The molecule has 15 nitrogen and oxygen atoms in total. The van der Waals surface area contributed by atoms with E-state index in [1.807, 2.05) is 30.4 Å². The third-order valence-electron chi connectivity index (χ3n) is 12.3. The molecule has 2 saturated heterocycles. The molecular formula is C42H56N6O9S. The Morgan fingerprint density at radius 3 is 2.50 bits per heavy atom. The van der Waals surface area contributed by atoms with Crippen molar-refractivity contribution in [3.8, 4) is 11.6 Å². The van der Waals surface area contributed by atoms with Gasteiger partial charge in [-0.05, 0) is 81.9 Å². The molecule has 4 N–H and O–H groups in total. The first-order valence-corrected chi connectivity index (χ1v) is 22.3. The number of aromatic nitrogens is 1. The molecule has 5 atom stereocenters. The van der Waals surface area contributed by atoms with Crippen LogP contribution in [0, 0.1) is 11.8 Å². The quantitative estimate of drug-likeness (QED) is 0.143. The molecule has 16 heteroatoms. The Morgan fingerprint density at radius 1 is 1.07 bits per heavy atom. The van der Waals surface area contributed by atoms with Crippen LogP contribution in [0.15, 0.2) is 43.0 Å². The highest BCUT2D eigenvalue weighted by Crippen LogP contribution is 2.45. The van der Waals surface area contributed by atoms with E-state index in [0.717, 1.165) is 50.3 Å². The topological polar surface area (TPSA) is 197 Å². The van der Waals surface area contributed by atoms with Crippen molar-refractivity contribution in [3.63, 3.8) is 0 Å². The number of allylic oxidation sites excluding steroid dienone is 1. The smallest absolute Gasteiger partial charge is 0.318 e. The number of rotatable bonds is 16. The van der Waals surface area contributed by atoms with Gasteiger partial charge in [0.1, 0.15) is 29.5 Å². The van der Waals surface area contributed by atoms with Gasteiger partial charge >= 0.3 is 6.03 Å². The van der Waals surface area contributed by atoms with Crippen molar-refractivity contribution in [3.05, 3.63) is 48.6 Å². The maximum Gasteiger partial charge on any atom is 0.318 e. The first-order valence-electron chi connectivity index (χ1n) is 20.8. The van der Waals surface area contributed by atoms with Crippen LogP contribution in [0.3, 0.4) is 0 Å². The Bertz CT molecular complexity index is 2030. The Kier molecular flexibility index (Phi) is 12.6. The normalized spacial score (nSPS) is 25.4. The standard InChI is InChI=1S/C42H56N6O9S/c1-3-30-25-42(30,40(52)46-58(54,55)33-17-18-33)45-37(50)35-24-32(57-38-29(14-8-5-11-21-49)22-28-15-16-31(56-2)23-34(28)43-38)26-48(35)39(51)36(27-12-6-4-7-13-27)44-41(53)47-19-9-10-20-47/h3,8,14-16,22-23,27,30,32-33,35-36,49H,1,4-7,9-13,17-21,24-26H2,2H3,(H,44,53)(H,45,50)(H,46,52)/b14-8+/t30-,32?,35+,36+,42-/m1/s1. The maximum atomic E-state index is 14.9. The van der Waals surface area contributed by atoms with Gasteiger partial charge in [0.05, 0.1) is 24.4 Å². The van der Waals surface area contributed by atoms with Gasteiger partial charge in [-0.1, -0.05) is 37.5 Å². The fourth-order valence-corrected chi connectivity index (χ4v) is 9.99. The van der Waals surface area contributed by atoms with E-state index in [-0.39, 0.29) is 43.8 Å². The average molecular weight is 821 g/mol. The van der Waals surface area contributed by atoms with Gasteiger partial charge in [0.2, 0.25) is 27.7 Å². The molecule has 314 valence electrons. The zero-order valence-corrected chi connectivity index (χ0v) is 34.0. The van der Waals surface area contributed by atoms with Crippen LogP contribution in [0.2, 0.25) is 0 Å². The number of hydrogen-bond acceptors (Lipinski definition) is 10. The molecule has 7 rings (SSSR count). The maximum absolute atomic E-state index is 14.9. The Hall–Kier alpha value is -4.70. The summed E-state index contributed by atoms with van der Waals surface area (Å²) in [7, 11) is -2.34. The summed E-state index contributed by atoms with van der Waals surface area (Å²) in [5.74, 6) is -1.63. The number of urea groups is 1. The molecule has 58 heavy (non-hydrogen) atoms. The SMILES string of the molecule is C=C[C@@H]1C[C@]1(NC(=O)[C@@H]1CC(Oc2nc3cc(OC)ccc3cc2/C=C/CCCO)CN1C(=O)[C@@H](NC(=O)N1CCCC1)C1CCCCC1)C(=O)NS(=O)(=O)C1CC1. The molecule has 0 spiro atoms. The van der Waals surface area contributed by atoms with Crippen molar-refractivity contribution in [2.75, 3.05) is 33.4 Å². The molecule has 5 amide bonds. The highest BCUT2D eigenvalue weighted by Gasteiger charge is 2.62. The van der Waals surface area contributed by atoms with Crippen LogP contribution in [-0.2, 0) is 24.4 Å². The minimum absolute atomic E-state index is 0.00857. The predicted octanol–water partition coefficient (Wildman–Crippen LogP) is 3.80. The van der Waals surface area contributed by atoms with Crippen LogP contribution in [-0.4, -0.2) is 114 Å². The minimum Gasteiger partial charge on any atom is -0.497 e. The second-order valence-electron chi connectivity index (χ2n) is 16.4. The van der Waals surface area contributed by atoms with Crippen LogP contribution in [0.5, 0.6) is 11.6 Å². The number of carbonyl (C=O) groups excluding carboxylic acids is 4. The fourth-order valence-electron chi connectivity index (χ4n) is 8.63. The summed E-state index contributed by atoms with van der Waals surface area (Å²) in [6.45, 7) is 5.07. The van der Waals surface area contributed by atoms with Crippen LogP contribution in [0.25, 0.3) is 17.0 Å². The number of hydrogen-bond donors (Lipinski definition) is 4. The molecule has 5 fully saturated rings. The van der Waals surface area contributed by atoms with E-state index in [9.17, 15) is 32.7 Å². The van der Waals surface area contributed by atoms with Crippen molar-refractivity contribution >= 4 is 50.8 Å². The molecule has 1 aromatic heterocycles. The van der Waals surface area contributed by atoms with Crippen LogP contribution in [0.4, 0.5) is 4.79 Å². The Morgan fingerprint density at radius 2 is 1.83 bits per heavy atom. The molecule has 5 aliphatic rings. The molecule has 2 aliphatic heterocycles. The zero-order chi connectivity index (χ0) is 41.0. The van der Waals surface area contributed by atoms with Gasteiger partial charge in [-0.2, -0.15) is 0 Å². The van der Waals surface area contributed by atoms with Gasteiger partial charge < -0.3 is 35.0 Å². The summed E-state index contributed by atoms with van der Waals surface area (Å²) in [4.78, 5) is 64.8. The van der Waals surface area contributed by atoms with Gasteiger partial charge in [0, 0.05) is 49.1 Å². The third-order valence-corrected chi connectivity index (χ3v) is 14.1. The van der Waals surface area contributed by atoms with Crippen molar-refractivity contribution in [2.24, 2.45) is 11.8 Å². The second-order valence-corrected chi connectivity index (χ2v) is 18.4. The molecular weight excluding hydrogens is 765 g/mol. The predicted molar refractivity (Wildman–Crippen MR) is 217 cm³/mol. The monoisotopic (exact) mass is 820 g/mol. The van der Waals surface area contributed by atoms with Gasteiger partial charge in [-0.25, -0.2) is 18.2 Å². The first-order chi connectivity index (χ1) is 28.0. The van der Waals surface area contributed by atoms with Crippen molar-refractivity contribution < 1.29 is 42.2 Å². The van der Waals surface area contributed by atoms with Crippen LogP contribution >= 0.6 is 0 Å². The summed E-state index contributed by atoms with van der Waals surface area (Å²) in [6, 6.07) is 5.15. The van der Waals surface area contributed by atoms with E-state index < -0.39 is 62.6 Å². The second kappa shape index (κ2) is 17.7. The number of sulfonamides is 1. The third kappa shape index (κ3) is 9.12. The van der Waals surface area contributed by atoms with Gasteiger partial charge in [-0.15, -0.1) is 6.58 Å². The number of ether oxygens (including phenoxy) is 2. The highest BCUT2D eigenvalue weighted by atomic mass is 32.2. The summed E-state index contributed by atoms with van der Waals surface area (Å²) in [6.07, 6.45) is 13.1. The molecule has 3 heterocycles. The number of pyridine rings is 1. The van der Waals surface area contributed by atoms with Crippen molar-refractivity contribution in [2.45, 2.75) is 112 Å². The number of aliphatic hydroxyl groups excluding tert-OH is 1. The summed E-state index contributed by atoms with van der Waals surface area (Å²) in [5, 5.41) is 15.5. The molecule has 0 radical (unpaired) electrons. The lowest BCUT2D eigenvalue weighted by molar-refractivity contribution is -0.142. The van der Waals surface area contributed by atoms with Crippen molar-refractivity contribution in [1.82, 2.24) is 30.1 Å². The summed E-state index contributed by atoms with van der Waals surface area (Å²) in [5.41, 5.74) is -0.270.